The third-order valence-corrected chi connectivity index (χ3v) is 5.08. The van der Waals surface area contributed by atoms with Crippen LogP contribution in [-0.2, 0) is 10.3 Å². The van der Waals surface area contributed by atoms with Gasteiger partial charge in [-0.2, -0.15) is 0 Å². The predicted octanol–water partition coefficient (Wildman–Crippen LogP) is 2.97. The van der Waals surface area contributed by atoms with Crippen molar-refractivity contribution in [3.05, 3.63) is 82.6 Å². The summed E-state index contributed by atoms with van der Waals surface area (Å²) in [5.41, 5.74) is 1.04. The van der Waals surface area contributed by atoms with E-state index in [4.69, 9.17) is 4.74 Å². The molecule has 0 bridgehead atoms. The molecule has 0 saturated heterocycles. The number of hydrogen-bond donors (Lipinski definition) is 1. The molecule has 0 aliphatic carbocycles. The average Bonchev–Trinajstić information content (AvgIpc) is 3.34. The molecule has 1 N–H and O–H groups in total. The summed E-state index contributed by atoms with van der Waals surface area (Å²) in [6, 6.07) is 6.55. The number of nitro groups is 1. The van der Waals surface area contributed by atoms with E-state index in [0.29, 0.717) is 35.9 Å². The molecule has 0 radical (unpaired) electrons. The largest absolute Gasteiger partial charge is 0.465 e. The summed E-state index contributed by atoms with van der Waals surface area (Å²) in [7, 11) is 1.29. The number of anilines is 1. The molecule has 1 unspecified atom stereocenters. The normalized spacial score (nSPS) is 16.5. The van der Waals surface area contributed by atoms with E-state index in [-0.39, 0.29) is 11.3 Å². The smallest absolute Gasteiger partial charge is 0.341 e. The third kappa shape index (κ3) is 4.56. The Balaban J connectivity index is 1.54. The standard InChI is InChI=1S/C22H19N7O4/c1-33-20(30)17-14-26-21(28-19(17)15-4-2-9-23-12-15)24-11-8-22(7-3-10-27-22)18-6-5-16(13-25-18)29(31)32/h2-7,9-10,12-14H,8,11H2,1H3,(H,24,26,28). The quantitative estimate of drug-likeness (QED) is 0.314. The van der Waals surface area contributed by atoms with Crippen LogP contribution in [0, 0.1) is 10.1 Å². The summed E-state index contributed by atoms with van der Waals surface area (Å²) in [6.45, 7) is 0.421. The monoisotopic (exact) mass is 445 g/mol. The van der Waals surface area contributed by atoms with Gasteiger partial charge in [-0.15, -0.1) is 0 Å². The summed E-state index contributed by atoms with van der Waals surface area (Å²) in [5, 5.41) is 14.1. The molecule has 0 spiro atoms. The highest BCUT2D eigenvalue weighted by Gasteiger charge is 2.32. The van der Waals surface area contributed by atoms with E-state index in [1.54, 1.807) is 36.8 Å². The molecule has 4 heterocycles. The summed E-state index contributed by atoms with van der Waals surface area (Å²) < 4.78 is 4.84. The number of nitrogens with zero attached hydrogens (tertiary/aromatic N) is 6. The highest BCUT2D eigenvalue weighted by molar-refractivity contribution is 5.95. The Morgan fingerprint density at radius 3 is 2.73 bits per heavy atom. The summed E-state index contributed by atoms with van der Waals surface area (Å²) in [6.07, 6.45) is 11.7. The number of carbonyl (C=O) groups is 1. The van der Waals surface area contributed by atoms with Crippen LogP contribution >= 0.6 is 0 Å². The van der Waals surface area contributed by atoms with Crippen molar-refractivity contribution in [2.75, 3.05) is 19.0 Å². The van der Waals surface area contributed by atoms with Crippen molar-refractivity contribution < 1.29 is 14.5 Å². The van der Waals surface area contributed by atoms with Gasteiger partial charge in [-0.25, -0.2) is 14.8 Å². The Morgan fingerprint density at radius 1 is 1.21 bits per heavy atom. The topological polar surface area (TPSA) is 145 Å². The molecule has 4 rings (SSSR count). The second-order valence-corrected chi connectivity index (χ2v) is 7.09. The fraction of sp³-hybridized carbons (Fsp3) is 0.182. The molecule has 1 aliphatic heterocycles. The van der Waals surface area contributed by atoms with Crippen LogP contribution in [0.3, 0.4) is 0 Å². The lowest BCUT2D eigenvalue weighted by Crippen LogP contribution is -2.25. The van der Waals surface area contributed by atoms with Crippen molar-refractivity contribution >= 4 is 23.8 Å². The Morgan fingerprint density at radius 2 is 2.09 bits per heavy atom. The fourth-order valence-electron chi connectivity index (χ4n) is 3.41. The zero-order valence-corrected chi connectivity index (χ0v) is 17.6. The number of nitrogens with one attached hydrogen (secondary N) is 1. The van der Waals surface area contributed by atoms with E-state index >= 15 is 0 Å². The molecule has 3 aromatic rings. The minimum atomic E-state index is -0.750. The summed E-state index contributed by atoms with van der Waals surface area (Å²) in [5.74, 6) is -0.228. The summed E-state index contributed by atoms with van der Waals surface area (Å²) >= 11 is 0. The highest BCUT2D eigenvalue weighted by Crippen LogP contribution is 2.33. The zero-order valence-electron chi connectivity index (χ0n) is 17.6. The maximum atomic E-state index is 12.2. The van der Waals surface area contributed by atoms with Gasteiger partial charge in [-0.05, 0) is 36.8 Å². The highest BCUT2D eigenvalue weighted by atomic mass is 16.6. The van der Waals surface area contributed by atoms with Gasteiger partial charge in [-0.3, -0.25) is 25.1 Å². The van der Waals surface area contributed by atoms with Crippen LogP contribution < -0.4 is 5.32 Å². The Hall–Kier alpha value is -4.54. The summed E-state index contributed by atoms with van der Waals surface area (Å²) in [4.78, 5) is 44.2. The first-order valence-electron chi connectivity index (χ1n) is 9.96. The molecule has 166 valence electrons. The molecule has 0 fully saturated rings. The van der Waals surface area contributed by atoms with Crippen LogP contribution in [0.4, 0.5) is 11.6 Å². The van der Waals surface area contributed by atoms with Gasteiger partial charge in [0.25, 0.3) is 5.69 Å². The van der Waals surface area contributed by atoms with Gasteiger partial charge < -0.3 is 10.1 Å². The number of hydrogen-bond acceptors (Lipinski definition) is 10. The first kappa shape index (κ1) is 21.7. The van der Waals surface area contributed by atoms with Gasteiger partial charge in [0.15, 0.2) is 0 Å². The molecule has 0 amide bonds. The van der Waals surface area contributed by atoms with Crippen LogP contribution in [0.2, 0.25) is 0 Å². The maximum Gasteiger partial charge on any atom is 0.341 e. The molecule has 11 heteroatoms. The zero-order chi connectivity index (χ0) is 23.3. The molecular weight excluding hydrogens is 426 g/mol. The van der Waals surface area contributed by atoms with Gasteiger partial charge in [0.2, 0.25) is 5.95 Å². The number of allylic oxidation sites excluding steroid dienone is 1. The lowest BCUT2D eigenvalue weighted by Gasteiger charge is -2.23. The minimum Gasteiger partial charge on any atom is -0.465 e. The Bertz CT molecular complexity index is 1220. The van der Waals surface area contributed by atoms with Crippen molar-refractivity contribution in [2.45, 2.75) is 12.0 Å². The van der Waals surface area contributed by atoms with Crippen LogP contribution in [0.25, 0.3) is 11.3 Å². The number of pyridine rings is 2. The fourth-order valence-corrected chi connectivity index (χ4v) is 3.41. The van der Waals surface area contributed by atoms with Gasteiger partial charge >= 0.3 is 5.97 Å². The molecule has 33 heavy (non-hydrogen) atoms. The number of aliphatic imine (C=N–C) groups is 1. The van der Waals surface area contributed by atoms with E-state index in [9.17, 15) is 14.9 Å². The second kappa shape index (κ2) is 9.30. The molecule has 11 nitrogen and oxygen atoms in total. The SMILES string of the molecule is COC(=O)c1cnc(NCCC2(c3ccc([N+](=O)[O-])cn3)C=CC=N2)nc1-c1cccnc1. The molecule has 1 aliphatic rings. The lowest BCUT2D eigenvalue weighted by atomic mass is 9.92. The molecule has 3 aromatic heterocycles. The van der Waals surface area contributed by atoms with E-state index in [0.717, 1.165) is 0 Å². The molecular formula is C22H19N7O4. The molecule has 0 saturated carbocycles. The number of ether oxygens (including phenoxy) is 1. The first-order chi connectivity index (χ1) is 16.0. The predicted molar refractivity (Wildman–Crippen MR) is 120 cm³/mol. The van der Waals surface area contributed by atoms with Gasteiger partial charge in [0, 0.05) is 43.0 Å². The molecule has 1 atom stereocenters. The van der Waals surface area contributed by atoms with Crippen molar-refractivity contribution in [1.82, 2.24) is 19.9 Å². The second-order valence-electron chi connectivity index (χ2n) is 7.09. The molecule has 0 aromatic carbocycles. The van der Waals surface area contributed by atoms with Crippen LogP contribution in [0.1, 0.15) is 22.5 Å². The maximum absolute atomic E-state index is 12.2. The van der Waals surface area contributed by atoms with Gasteiger partial charge in [0.05, 0.1) is 23.4 Å². The van der Waals surface area contributed by atoms with Gasteiger partial charge in [-0.1, -0.05) is 0 Å². The van der Waals surface area contributed by atoms with E-state index < -0.39 is 16.4 Å². The number of methoxy groups -OCH3 is 1. The number of carbonyl (C=O) groups excluding carboxylic acids is 1. The van der Waals surface area contributed by atoms with Gasteiger partial charge in [0.1, 0.15) is 17.3 Å². The van der Waals surface area contributed by atoms with Crippen molar-refractivity contribution in [2.24, 2.45) is 4.99 Å². The van der Waals surface area contributed by atoms with Crippen LogP contribution in [0.5, 0.6) is 0 Å². The first-order valence-corrected chi connectivity index (χ1v) is 9.96. The Labute approximate surface area is 188 Å². The average molecular weight is 445 g/mol. The lowest BCUT2D eigenvalue weighted by molar-refractivity contribution is -0.385. The van der Waals surface area contributed by atoms with Crippen LogP contribution in [-0.4, -0.2) is 50.7 Å². The number of esters is 1. The van der Waals surface area contributed by atoms with Crippen LogP contribution in [0.15, 0.2) is 66.2 Å². The van der Waals surface area contributed by atoms with Crippen molar-refractivity contribution in [1.29, 1.82) is 0 Å². The van der Waals surface area contributed by atoms with E-state index in [2.05, 4.69) is 30.2 Å². The Kier molecular flexibility index (Phi) is 6.11. The van der Waals surface area contributed by atoms with Crippen molar-refractivity contribution in [3.63, 3.8) is 0 Å². The van der Waals surface area contributed by atoms with E-state index in [1.807, 2.05) is 12.2 Å². The van der Waals surface area contributed by atoms with E-state index in [1.165, 1.54) is 25.6 Å². The number of aromatic nitrogens is 4. The number of rotatable bonds is 8. The minimum absolute atomic E-state index is 0.0833. The third-order valence-electron chi connectivity index (χ3n) is 5.08. The van der Waals surface area contributed by atoms with Crippen molar-refractivity contribution in [3.8, 4) is 11.3 Å².